The van der Waals surface area contributed by atoms with Crippen molar-refractivity contribution in [2.24, 2.45) is 0 Å². The summed E-state index contributed by atoms with van der Waals surface area (Å²) in [6, 6.07) is 14.7. The summed E-state index contributed by atoms with van der Waals surface area (Å²) < 4.78 is 11.8. The van der Waals surface area contributed by atoms with E-state index in [1.165, 1.54) is 0 Å². The lowest BCUT2D eigenvalue weighted by Crippen LogP contribution is -2.36. The molecule has 34 heavy (non-hydrogen) atoms. The molecule has 2 aliphatic rings. The summed E-state index contributed by atoms with van der Waals surface area (Å²) in [6.07, 6.45) is 5.33. The van der Waals surface area contributed by atoms with E-state index in [0.717, 1.165) is 55.6 Å². The van der Waals surface area contributed by atoms with E-state index in [0.29, 0.717) is 30.1 Å². The summed E-state index contributed by atoms with van der Waals surface area (Å²) in [7, 11) is 0. The third-order valence-electron chi connectivity index (χ3n) is 6.66. The number of ether oxygens (including phenoxy) is 2. The summed E-state index contributed by atoms with van der Waals surface area (Å²) in [4.78, 5) is 15.4. The number of aromatic amines is 1. The minimum Gasteiger partial charge on any atom is -0.507 e. The molecule has 1 amide bonds. The third kappa shape index (κ3) is 4.28. The predicted octanol–water partition coefficient (Wildman–Crippen LogP) is 5.08. The number of nitrogens with zero attached hydrogens (tertiary/aromatic N) is 2. The van der Waals surface area contributed by atoms with Crippen molar-refractivity contribution in [3.05, 3.63) is 65.4 Å². The number of unbranched alkanes of at least 4 members (excludes halogenated alkanes) is 2. The van der Waals surface area contributed by atoms with Crippen LogP contribution in [-0.2, 0) is 4.74 Å². The van der Waals surface area contributed by atoms with E-state index < -0.39 is 0 Å². The molecule has 1 fully saturated rings. The molecular weight excluding hydrogens is 430 g/mol. The van der Waals surface area contributed by atoms with E-state index in [-0.39, 0.29) is 23.8 Å². The van der Waals surface area contributed by atoms with Gasteiger partial charge in [-0.05, 0) is 49.1 Å². The Balaban J connectivity index is 1.50. The molecule has 1 saturated heterocycles. The standard InChI is InChI=1S/C27H31N3O4/c1-2-3-6-15-33-19-13-11-18(12-14-19)26-23-24(21-9-4-5-10-22(21)31)28-29-25(23)27(32)30(26)17-20-8-7-16-34-20/h4-5,9-14,20,26,31H,2-3,6-8,15-17H2,1H3,(H,28,29)/t20-,26-/m1/s1. The zero-order valence-electron chi connectivity index (χ0n) is 19.5. The van der Waals surface area contributed by atoms with Crippen molar-refractivity contribution >= 4 is 5.91 Å². The second-order valence-electron chi connectivity index (χ2n) is 9.00. The SMILES string of the molecule is CCCCCOc1ccc([C@@H]2c3c(-c4ccccc4O)n[nH]c3C(=O)N2C[C@H]2CCCO2)cc1. The van der Waals surface area contributed by atoms with E-state index >= 15 is 0 Å². The van der Waals surface area contributed by atoms with E-state index in [1.807, 2.05) is 41.3 Å². The molecule has 5 rings (SSSR count). The van der Waals surface area contributed by atoms with E-state index in [9.17, 15) is 9.90 Å². The number of nitrogens with one attached hydrogen (secondary N) is 1. The van der Waals surface area contributed by atoms with Crippen LogP contribution in [0.3, 0.4) is 0 Å². The number of hydrogen-bond acceptors (Lipinski definition) is 5. The first-order valence-electron chi connectivity index (χ1n) is 12.2. The Labute approximate surface area is 199 Å². The van der Waals surface area contributed by atoms with Gasteiger partial charge < -0.3 is 19.5 Å². The molecule has 2 N–H and O–H groups in total. The van der Waals surface area contributed by atoms with Crippen LogP contribution in [0.1, 0.15) is 66.7 Å². The molecule has 2 aromatic carbocycles. The molecule has 0 saturated carbocycles. The van der Waals surface area contributed by atoms with Crippen LogP contribution in [-0.4, -0.2) is 52.0 Å². The molecule has 0 aliphatic carbocycles. The van der Waals surface area contributed by atoms with Gasteiger partial charge in [-0.15, -0.1) is 0 Å². The Morgan fingerprint density at radius 3 is 2.74 bits per heavy atom. The maximum absolute atomic E-state index is 13.5. The number of H-pyrrole nitrogens is 1. The summed E-state index contributed by atoms with van der Waals surface area (Å²) in [5.41, 5.74) is 3.44. The van der Waals surface area contributed by atoms with Gasteiger partial charge in [-0.25, -0.2) is 0 Å². The van der Waals surface area contributed by atoms with Crippen LogP contribution in [0.4, 0.5) is 0 Å². The van der Waals surface area contributed by atoms with Crippen LogP contribution >= 0.6 is 0 Å². The minimum atomic E-state index is -0.325. The second-order valence-corrected chi connectivity index (χ2v) is 9.00. The summed E-state index contributed by atoms with van der Waals surface area (Å²) in [6.45, 7) is 4.12. The Morgan fingerprint density at radius 1 is 1.18 bits per heavy atom. The zero-order chi connectivity index (χ0) is 23.5. The summed E-state index contributed by atoms with van der Waals surface area (Å²) in [5, 5.41) is 17.9. The van der Waals surface area contributed by atoms with Gasteiger partial charge in [-0.3, -0.25) is 9.89 Å². The highest BCUT2D eigenvalue weighted by molar-refractivity contribution is 6.00. The number of benzene rings is 2. The van der Waals surface area contributed by atoms with Crippen LogP contribution < -0.4 is 4.74 Å². The Morgan fingerprint density at radius 2 is 2.00 bits per heavy atom. The minimum absolute atomic E-state index is 0.0261. The quantitative estimate of drug-likeness (QED) is 0.434. The molecule has 1 aromatic heterocycles. The first-order chi connectivity index (χ1) is 16.7. The number of amides is 1. The van der Waals surface area contributed by atoms with E-state index in [1.54, 1.807) is 12.1 Å². The van der Waals surface area contributed by atoms with Crippen molar-refractivity contribution < 1.29 is 19.4 Å². The van der Waals surface area contributed by atoms with Crippen molar-refractivity contribution in [1.29, 1.82) is 0 Å². The van der Waals surface area contributed by atoms with Crippen molar-refractivity contribution in [3.63, 3.8) is 0 Å². The average molecular weight is 462 g/mol. The summed E-state index contributed by atoms with van der Waals surface area (Å²) in [5.74, 6) is 0.865. The molecule has 0 bridgehead atoms. The van der Waals surface area contributed by atoms with Crippen molar-refractivity contribution in [1.82, 2.24) is 15.1 Å². The van der Waals surface area contributed by atoms with Gasteiger partial charge in [0.1, 0.15) is 22.9 Å². The Hall–Kier alpha value is -3.32. The van der Waals surface area contributed by atoms with Gasteiger partial charge in [0.05, 0.1) is 18.8 Å². The zero-order valence-corrected chi connectivity index (χ0v) is 19.5. The number of para-hydroxylation sites is 1. The van der Waals surface area contributed by atoms with Crippen molar-refractivity contribution in [2.75, 3.05) is 19.8 Å². The monoisotopic (exact) mass is 461 g/mol. The Kier molecular flexibility index (Phi) is 6.54. The van der Waals surface area contributed by atoms with Gasteiger partial charge in [0.25, 0.3) is 5.91 Å². The maximum atomic E-state index is 13.5. The topological polar surface area (TPSA) is 87.7 Å². The largest absolute Gasteiger partial charge is 0.507 e. The molecule has 7 heteroatoms. The molecule has 7 nitrogen and oxygen atoms in total. The second kappa shape index (κ2) is 9.89. The first kappa shape index (κ1) is 22.5. The fraction of sp³-hybridized carbons (Fsp3) is 0.407. The molecule has 3 aromatic rings. The smallest absolute Gasteiger partial charge is 0.273 e. The van der Waals surface area contributed by atoms with Crippen LogP contribution in [0.15, 0.2) is 48.5 Å². The molecule has 178 valence electrons. The van der Waals surface area contributed by atoms with Gasteiger partial charge in [-0.1, -0.05) is 44.0 Å². The molecule has 0 spiro atoms. The lowest BCUT2D eigenvalue weighted by molar-refractivity contribution is 0.0495. The molecular formula is C27H31N3O4. The highest BCUT2D eigenvalue weighted by Crippen LogP contribution is 2.45. The van der Waals surface area contributed by atoms with Gasteiger partial charge in [-0.2, -0.15) is 5.10 Å². The number of phenols is 1. The lowest BCUT2D eigenvalue weighted by Gasteiger charge is -2.28. The normalized spacial score (nSPS) is 19.6. The highest BCUT2D eigenvalue weighted by atomic mass is 16.5. The molecule has 2 atom stereocenters. The number of aromatic hydroxyl groups is 1. The highest BCUT2D eigenvalue weighted by Gasteiger charge is 2.43. The molecule has 2 aliphatic heterocycles. The first-order valence-corrected chi connectivity index (χ1v) is 12.2. The fourth-order valence-electron chi connectivity index (χ4n) is 4.91. The maximum Gasteiger partial charge on any atom is 0.273 e. The van der Waals surface area contributed by atoms with Crippen LogP contribution in [0.25, 0.3) is 11.3 Å². The average Bonchev–Trinajstić information content (AvgIpc) is 3.58. The summed E-state index contributed by atoms with van der Waals surface area (Å²) >= 11 is 0. The number of phenolic OH excluding ortho intramolecular Hbond substituents is 1. The fourth-order valence-corrected chi connectivity index (χ4v) is 4.91. The molecule has 0 unspecified atom stereocenters. The number of hydrogen-bond donors (Lipinski definition) is 2. The van der Waals surface area contributed by atoms with Crippen LogP contribution in [0.2, 0.25) is 0 Å². The van der Waals surface area contributed by atoms with Gasteiger partial charge in [0, 0.05) is 24.3 Å². The number of fused-ring (bicyclic) bond motifs is 1. The predicted molar refractivity (Wildman–Crippen MR) is 129 cm³/mol. The molecule has 3 heterocycles. The number of aromatic nitrogens is 2. The van der Waals surface area contributed by atoms with E-state index in [4.69, 9.17) is 9.47 Å². The number of rotatable bonds is 9. The third-order valence-corrected chi connectivity index (χ3v) is 6.66. The van der Waals surface area contributed by atoms with Crippen molar-refractivity contribution in [3.8, 4) is 22.8 Å². The van der Waals surface area contributed by atoms with Crippen LogP contribution in [0.5, 0.6) is 11.5 Å². The van der Waals surface area contributed by atoms with Gasteiger partial charge in [0.15, 0.2) is 0 Å². The Bertz CT molecular complexity index is 1140. The van der Waals surface area contributed by atoms with Gasteiger partial charge >= 0.3 is 0 Å². The molecule has 0 radical (unpaired) electrons. The lowest BCUT2D eigenvalue weighted by atomic mass is 9.95. The van der Waals surface area contributed by atoms with Crippen LogP contribution in [0, 0.1) is 0 Å². The number of carbonyl (C=O) groups excluding carboxylic acids is 1. The van der Waals surface area contributed by atoms with E-state index in [2.05, 4.69) is 17.1 Å². The van der Waals surface area contributed by atoms with Gasteiger partial charge in [0.2, 0.25) is 0 Å². The van der Waals surface area contributed by atoms with Crippen molar-refractivity contribution in [2.45, 2.75) is 51.2 Å². The number of carbonyl (C=O) groups is 1.